The van der Waals surface area contributed by atoms with Crippen LogP contribution >= 0.6 is 0 Å². The molecule has 2 aromatic rings. The van der Waals surface area contributed by atoms with E-state index in [0.29, 0.717) is 0 Å². The zero-order valence-electron chi connectivity index (χ0n) is 9.79. The van der Waals surface area contributed by atoms with Crippen LogP contribution in [0.15, 0.2) is 30.9 Å². The van der Waals surface area contributed by atoms with Gasteiger partial charge >= 0.3 is 25.3 Å². The maximum absolute atomic E-state index is 4.07. The molecule has 2 nitrogen and oxygen atoms in total. The Morgan fingerprint density at radius 1 is 1.12 bits per heavy atom. The van der Waals surface area contributed by atoms with E-state index >= 15 is 0 Å². The second-order valence-electron chi connectivity index (χ2n) is 3.72. The number of nitrogens with zero attached hydrogens (tertiary/aromatic N) is 2. The third kappa shape index (κ3) is 2.79. The van der Waals surface area contributed by atoms with Gasteiger partial charge in [-0.3, -0.25) is 0 Å². The van der Waals surface area contributed by atoms with Gasteiger partial charge in [-0.15, -0.1) is 0 Å². The molecule has 0 aliphatic rings. The Balaban J connectivity index is 0.000000606. The first-order valence-electron chi connectivity index (χ1n) is 4.96. The normalized spacial score (nSPS) is 9.56. The average molecular weight is 308 g/mol. The van der Waals surface area contributed by atoms with E-state index in [-0.39, 0.29) is 0 Å². The second kappa shape index (κ2) is 5.94. The van der Waals surface area contributed by atoms with Crippen LogP contribution in [-0.2, 0) is 20.6 Å². The summed E-state index contributed by atoms with van der Waals surface area (Å²) in [6.07, 6.45) is 5.62. The predicted octanol–water partition coefficient (Wildman–Crippen LogP) is 2.76. The number of aromatic nitrogens is 2. The number of hydrogen-bond acceptors (Lipinski definition) is 1. The van der Waals surface area contributed by atoms with Gasteiger partial charge in [-0.05, 0) is 31.9 Å². The van der Waals surface area contributed by atoms with E-state index in [0.717, 1.165) is 0 Å². The van der Waals surface area contributed by atoms with Crippen molar-refractivity contribution in [2.75, 3.05) is 0 Å². The molecular formula is C13H16AgN2. The number of aryl methyl sites for hydroxylation is 3. The van der Waals surface area contributed by atoms with Crippen molar-refractivity contribution in [3.8, 4) is 5.69 Å². The first-order valence-corrected chi connectivity index (χ1v) is 6.01. The number of hydrogen-bond donors (Lipinski definition) is 0. The monoisotopic (exact) mass is 307 g/mol. The van der Waals surface area contributed by atoms with Crippen LogP contribution in [0.5, 0.6) is 0 Å². The molecule has 3 heteroatoms. The van der Waals surface area contributed by atoms with E-state index in [2.05, 4.69) is 67.8 Å². The third-order valence-corrected chi connectivity index (χ3v) is 2.40. The van der Waals surface area contributed by atoms with Crippen molar-refractivity contribution in [3.05, 3.63) is 47.5 Å². The first kappa shape index (κ1) is 13.1. The van der Waals surface area contributed by atoms with E-state index < -0.39 is 0 Å². The number of rotatable bonds is 1. The first-order chi connectivity index (χ1) is 7.68. The van der Waals surface area contributed by atoms with Gasteiger partial charge < -0.3 is 4.57 Å². The van der Waals surface area contributed by atoms with Crippen molar-refractivity contribution in [2.45, 2.75) is 20.8 Å². The molecule has 0 spiro atoms. The Morgan fingerprint density at radius 3 is 2.12 bits per heavy atom. The van der Waals surface area contributed by atoms with Gasteiger partial charge in [-0.2, -0.15) is 0 Å². The molecule has 0 saturated heterocycles. The zero-order chi connectivity index (χ0) is 12.1. The molecular weight excluding hydrogens is 292 g/mol. The molecule has 0 saturated carbocycles. The van der Waals surface area contributed by atoms with Gasteiger partial charge in [0, 0.05) is 12.4 Å². The van der Waals surface area contributed by atoms with Crippen LogP contribution in [0.1, 0.15) is 16.7 Å². The molecule has 0 fully saturated rings. The van der Waals surface area contributed by atoms with Gasteiger partial charge in [0.05, 0.1) is 12.0 Å². The average Bonchev–Trinajstić information content (AvgIpc) is 2.72. The summed E-state index contributed by atoms with van der Waals surface area (Å²) in [5, 5.41) is 0. The predicted molar refractivity (Wildman–Crippen MR) is 64.9 cm³/mol. The fraction of sp³-hybridized carbons (Fsp3) is 0.231. The summed E-state index contributed by atoms with van der Waals surface area (Å²) in [5.74, 6) is 0. The van der Waals surface area contributed by atoms with Gasteiger partial charge in [-0.25, -0.2) is 4.98 Å². The molecule has 2 rings (SSSR count). The molecule has 0 bridgehead atoms. The van der Waals surface area contributed by atoms with Crippen molar-refractivity contribution >= 4 is 4.73 Å². The quantitative estimate of drug-likeness (QED) is 0.741. The Bertz CT molecular complexity index is 438. The summed E-state index contributed by atoms with van der Waals surface area (Å²) in [7, 11) is 0. The van der Waals surface area contributed by atoms with E-state index in [4.69, 9.17) is 0 Å². The summed E-state index contributed by atoms with van der Waals surface area (Å²) < 4.78 is 5.12. The Kier molecular flexibility index (Phi) is 4.87. The summed E-state index contributed by atoms with van der Waals surface area (Å²) in [6, 6.07) is 4.39. The van der Waals surface area contributed by atoms with Crippen LogP contribution in [-0.4, -0.2) is 14.3 Å². The molecule has 89 valence electrons. The summed E-state index contributed by atoms with van der Waals surface area (Å²) in [4.78, 5) is 4.07. The summed E-state index contributed by atoms with van der Waals surface area (Å²) in [5.41, 5.74) is 5.14. The minimum atomic E-state index is 1.24. The van der Waals surface area contributed by atoms with Crippen molar-refractivity contribution in [3.63, 3.8) is 0 Å². The molecule has 0 radical (unpaired) electrons. The molecule has 16 heavy (non-hydrogen) atoms. The fourth-order valence-electron chi connectivity index (χ4n) is 1.97. The van der Waals surface area contributed by atoms with E-state index in [9.17, 15) is 0 Å². The summed E-state index contributed by atoms with van der Waals surface area (Å²) >= 11 is 2.70. The van der Waals surface area contributed by atoms with Crippen molar-refractivity contribution < 1.29 is 20.6 Å². The topological polar surface area (TPSA) is 17.8 Å². The fourth-order valence-corrected chi connectivity index (χ4v) is 1.97. The minimum absolute atomic E-state index is 1.24. The molecule has 0 unspecified atom stereocenters. The summed E-state index contributed by atoms with van der Waals surface area (Å²) in [6.45, 7) is 6.39. The molecule has 1 heterocycles. The standard InChI is InChI=1S/C12H14N2.CH2.Ag/c1-9-6-10(2)12(11(3)7-9)14-5-4-13-8-14;;/h4-8H,1-3H3;1H2;. The Morgan fingerprint density at radius 2 is 1.69 bits per heavy atom. The van der Waals surface area contributed by atoms with Gasteiger partial charge in [0.15, 0.2) is 0 Å². The molecule has 1 aromatic carbocycles. The molecule has 0 aliphatic heterocycles. The SMILES string of the molecule is Cc1cc(C)c(-n2ccnc2)c(C)c1.[CH2]=[Ag]. The number of imidazole rings is 1. The second-order valence-corrected chi connectivity index (χ2v) is 3.72. The van der Waals surface area contributed by atoms with Crippen molar-refractivity contribution in [2.24, 2.45) is 0 Å². The molecule has 0 atom stereocenters. The van der Waals surface area contributed by atoms with Crippen LogP contribution in [0.25, 0.3) is 5.69 Å². The van der Waals surface area contributed by atoms with Gasteiger partial charge in [0.25, 0.3) is 0 Å². The van der Waals surface area contributed by atoms with E-state index in [1.165, 1.54) is 22.4 Å². The Labute approximate surface area is 109 Å². The molecule has 1 aromatic heterocycles. The van der Waals surface area contributed by atoms with Gasteiger partial charge in [-0.1, -0.05) is 17.7 Å². The maximum atomic E-state index is 4.07. The Hall–Kier alpha value is -0.960. The van der Waals surface area contributed by atoms with Crippen LogP contribution < -0.4 is 0 Å². The van der Waals surface area contributed by atoms with Gasteiger partial charge in [0.1, 0.15) is 0 Å². The van der Waals surface area contributed by atoms with Gasteiger partial charge in [0.2, 0.25) is 0 Å². The van der Waals surface area contributed by atoms with Crippen LogP contribution in [0.2, 0.25) is 0 Å². The van der Waals surface area contributed by atoms with E-state index in [1.54, 1.807) is 6.20 Å². The third-order valence-electron chi connectivity index (χ3n) is 2.40. The van der Waals surface area contributed by atoms with E-state index in [1.807, 2.05) is 12.5 Å². The molecule has 0 aliphatic carbocycles. The van der Waals surface area contributed by atoms with Crippen LogP contribution in [0.4, 0.5) is 0 Å². The molecule has 0 N–H and O–H groups in total. The van der Waals surface area contributed by atoms with Crippen LogP contribution in [0, 0.1) is 20.8 Å². The van der Waals surface area contributed by atoms with Crippen molar-refractivity contribution in [1.29, 1.82) is 0 Å². The van der Waals surface area contributed by atoms with Crippen LogP contribution in [0.3, 0.4) is 0 Å². The molecule has 0 amide bonds. The zero-order valence-corrected chi connectivity index (χ0v) is 11.3. The number of benzene rings is 1. The van der Waals surface area contributed by atoms with Crippen molar-refractivity contribution in [1.82, 2.24) is 9.55 Å².